The number of rotatable bonds is 6. The Morgan fingerprint density at radius 1 is 1.03 bits per heavy atom. The van der Waals surface area contributed by atoms with Gasteiger partial charge in [0.1, 0.15) is 12.0 Å². The van der Waals surface area contributed by atoms with Crippen molar-refractivity contribution in [3.8, 4) is 0 Å². The van der Waals surface area contributed by atoms with E-state index in [0.29, 0.717) is 30.5 Å². The Morgan fingerprint density at radius 3 is 2.42 bits per heavy atom. The van der Waals surface area contributed by atoms with E-state index in [0.717, 1.165) is 24.4 Å². The fourth-order valence-corrected chi connectivity index (χ4v) is 4.21. The molecule has 1 aromatic heterocycles. The highest BCUT2D eigenvalue weighted by atomic mass is 32.1. The molecule has 1 atom stereocenters. The Hall–Kier alpha value is -3.93. The minimum Gasteiger partial charge on any atom is -0.459 e. The van der Waals surface area contributed by atoms with Gasteiger partial charge in [0.25, 0.3) is 0 Å². The summed E-state index contributed by atoms with van der Waals surface area (Å²) in [6.07, 6.45) is -3.50. The molecule has 4 rings (SSSR count). The molecule has 1 fully saturated rings. The van der Waals surface area contributed by atoms with Gasteiger partial charge in [0.05, 0.1) is 16.8 Å². The average molecular weight is 550 g/mol. The molecule has 6 nitrogen and oxygen atoms in total. The second-order valence-electron chi connectivity index (χ2n) is 8.57. The first-order valence-electron chi connectivity index (χ1n) is 11.4. The van der Waals surface area contributed by atoms with Gasteiger partial charge in [-0.3, -0.25) is 9.78 Å². The molecular weight excluding hydrogens is 529 g/mol. The number of hydrogen-bond donors (Lipinski definition) is 2. The average Bonchev–Trinajstić information content (AvgIpc) is 2.85. The Labute approximate surface area is 219 Å². The highest BCUT2D eigenvalue weighted by molar-refractivity contribution is 7.80. The third-order valence-corrected chi connectivity index (χ3v) is 6.13. The van der Waals surface area contributed by atoms with Gasteiger partial charge in [0.15, 0.2) is 16.7 Å². The van der Waals surface area contributed by atoms with E-state index >= 15 is 0 Å². The number of halogens is 5. The molecule has 0 radical (unpaired) electrons. The smallest absolute Gasteiger partial charge is 0.416 e. The number of aromatic nitrogens is 1. The summed E-state index contributed by atoms with van der Waals surface area (Å²) in [5.74, 6) is -5.89. The Balaban J connectivity index is 1.43. The molecule has 0 aliphatic heterocycles. The fraction of sp³-hybridized carbons (Fsp3) is 0.231. The standard InChI is InChI=1S/C26H20F5N3O3S/c27-19-8-4-7-18(22(19)28)21(20-11-15(9-10-32-20)26(29,30)31)23(35)34-25(38)33-16-12-17(13-16)37-24(36)14-5-2-1-3-6-14/h1-11,16-17,21H,12-13H2,(H2,33,34,35,38). The van der Waals surface area contributed by atoms with Gasteiger partial charge in [-0.05, 0) is 42.5 Å². The van der Waals surface area contributed by atoms with Gasteiger partial charge in [0.2, 0.25) is 5.91 Å². The van der Waals surface area contributed by atoms with E-state index in [2.05, 4.69) is 15.6 Å². The highest BCUT2D eigenvalue weighted by Crippen LogP contribution is 2.33. The molecule has 1 amide bonds. The van der Waals surface area contributed by atoms with Crippen LogP contribution in [0.25, 0.3) is 0 Å². The molecule has 0 saturated heterocycles. The van der Waals surface area contributed by atoms with Gasteiger partial charge in [-0.15, -0.1) is 0 Å². The molecule has 1 unspecified atom stereocenters. The van der Waals surface area contributed by atoms with Crippen molar-refractivity contribution < 1.29 is 36.3 Å². The van der Waals surface area contributed by atoms with E-state index in [9.17, 15) is 31.5 Å². The summed E-state index contributed by atoms with van der Waals surface area (Å²) in [4.78, 5) is 29.1. The van der Waals surface area contributed by atoms with E-state index < -0.39 is 52.4 Å². The number of thiocarbonyl (C=S) groups is 1. The van der Waals surface area contributed by atoms with Crippen molar-refractivity contribution in [3.05, 3.63) is 101 Å². The van der Waals surface area contributed by atoms with E-state index in [1.807, 2.05) is 0 Å². The minimum absolute atomic E-state index is 0.179. The first-order chi connectivity index (χ1) is 18.0. The summed E-state index contributed by atoms with van der Waals surface area (Å²) in [6.45, 7) is 0. The van der Waals surface area contributed by atoms with E-state index in [1.165, 1.54) is 0 Å². The topological polar surface area (TPSA) is 80.3 Å². The zero-order valence-electron chi connectivity index (χ0n) is 19.5. The quantitative estimate of drug-likeness (QED) is 0.259. The Morgan fingerprint density at radius 2 is 1.74 bits per heavy atom. The molecule has 2 N–H and O–H groups in total. The van der Waals surface area contributed by atoms with Crippen LogP contribution in [0.2, 0.25) is 0 Å². The first kappa shape index (κ1) is 27.1. The van der Waals surface area contributed by atoms with Crippen molar-refractivity contribution in [2.75, 3.05) is 0 Å². The van der Waals surface area contributed by atoms with Gasteiger partial charge < -0.3 is 15.4 Å². The van der Waals surface area contributed by atoms with E-state index in [1.54, 1.807) is 30.3 Å². The lowest BCUT2D eigenvalue weighted by atomic mass is 9.89. The minimum atomic E-state index is -4.75. The number of esters is 1. The second kappa shape index (κ2) is 11.2. The summed E-state index contributed by atoms with van der Waals surface area (Å²) in [5, 5.41) is 5.00. The van der Waals surface area contributed by atoms with Gasteiger partial charge in [-0.25, -0.2) is 13.6 Å². The normalized spacial score (nSPS) is 17.6. The molecule has 1 heterocycles. The number of carbonyl (C=O) groups is 2. The Bertz CT molecular complexity index is 1350. The molecule has 1 saturated carbocycles. The van der Waals surface area contributed by atoms with Crippen molar-refractivity contribution in [1.82, 2.24) is 15.6 Å². The van der Waals surface area contributed by atoms with Crippen molar-refractivity contribution in [1.29, 1.82) is 0 Å². The third kappa shape index (κ3) is 6.31. The predicted molar refractivity (Wildman–Crippen MR) is 130 cm³/mol. The number of pyridine rings is 1. The lowest BCUT2D eigenvalue weighted by Crippen LogP contribution is -2.52. The van der Waals surface area contributed by atoms with Crippen LogP contribution in [0.3, 0.4) is 0 Å². The number of carbonyl (C=O) groups excluding carboxylic acids is 2. The number of nitrogens with zero attached hydrogens (tertiary/aromatic N) is 1. The molecular formula is C26H20F5N3O3S. The molecule has 12 heteroatoms. The lowest BCUT2D eigenvalue weighted by molar-refractivity contribution is -0.137. The number of nitrogens with one attached hydrogen (secondary N) is 2. The zero-order valence-corrected chi connectivity index (χ0v) is 20.3. The van der Waals surface area contributed by atoms with Crippen LogP contribution in [0.15, 0.2) is 66.9 Å². The van der Waals surface area contributed by atoms with E-state index in [4.69, 9.17) is 17.0 Å². The van der Waals surface area contributed by atoms with Gasteiger partial charge in [-0.1, -0.05) is 30.3 Å². The van der Waals surface area contributed by atoms with Crippen LogP contribution < -0.4 is 10.6 Å². The Kier molecular flexibility index (Phi) is 8.00. The maximum absolute atomic E-state index is 14.6. The maximum Gasteiger partial charge on any atom is 0.416 e. The van der Waals surface area contributed by atoms with Crippen molar-refractivity contribution in [2.45, 2.75) is 37.1 Å². The maximum atomic E-state index is 14.6. The first-order valence-corrected chi connectivity index (χ1v) is 11.8. The molecule has 38 heavy (non-hydrogen) atoms. The molecule has 3 aromatic rings. The number of hydrogen-bond acceptors (Lipinski definition) is 5. The third-order valence-electron chi connectivity index (χ3n) is 5.91. The van der Waals surface area contributed by atoms with Crippen molar-refractivity contribution in [2.24, 2.45) is 0 Å². The lowest BCUT2D eigenvalue weighted by Gasteiger charge is -2.35. The summed E-state index contributed by atoms with van der Waals surface area (Å²) in [7, 11) is 0. The number of amides is 1. The van der Waals surface area contributed by atoms with Crippen LogP contribution in [-0.4, -0.2) is 34.1 Å². The van der Waals surface area contributed by atoms with Crippen LogP contribution in [0.1, 0.15) is 45.9 Å². The predicted octanol–water partition coefficient (Wildman–Crippen LogP) is 4.89. The monoisotopic (exact) mass is 549 g/mol. The van der Waals surface area contributed by atoms with Crippen molar-refractivity contribution in [3.63, 3.8) is 0 Å². The van der Waals surface area contributed by atoms with Crippen LogP contribution >= 0.6 is 12.2 Å². The summed E-state index contributed by atoms with van der Waals surface area (Å²) >= 11 is 5.15. The molecule has 0 spiro atoms. The van der Waals surface area contributed by atoms with Crippen LogP contribution in [0.5, 0.6) is 0 Å². The van der Waals surface area contributed by atoms with E-state index in [-0.39, 0.29) is 17.3 Å². The SMILES string of the molecule is O=C(OC1CC(NC(=S)NC(=O)C(c2cc(C(F)(F)F)ccn2)c2cccc(F)c2F)C1)c1ccccc1. The molecule has 198 valence electrons. The van der Waals surface area contributed by atoms with Gasteiger partial charge >= 0.3 is 12.1 Å². The highest BCUT2D eigenvalue weighted by Gasteiger charge is 2.36. The zero-order chi connectivity index (χ0) is 27.4. The number of benzene rings is 2. The summed E-state index contributed by atoms with van der Waals surface area (Å²) < 4.78 is 73.7. The van der Waals surface area contributed by atoms with Gasteiger partial charge in [0, 0.05) is 30.6 Å². The molecule has 0 bridgehead atoms. The number of alkyl halides is 3. The number of ether oxygens (including phenoxy) is 1. The fourth-order valence-electron chi connectivity index (χ4n) is 3.94. The summed E-state index contributed by atoms with van der Waals surface area (Å²) in [6, 6.07) is 12.5. The van der Waals surface area contributed by atoms with Crippen molar-refractivity contribution >= 4 is 29.2 Å². The van der Waals surface area contributed by atoms with Crippen LogP contribution in [0.4, 0.5) is 22.0 Å². The summed E-state index contributed by atoms with van der Waals surface area (Å²) in [5.41, 5.74) is -1.65. The molecule has 1 aliphatic rings. The molecule has 1 aliphatic carbocycles. The van der Waals surface area contributed by atoms with Crippen LogP contribution in [0, 0.1) is 11.6 Å². The van der Waals surface area contributed by atoms with Gasteiger partial charge in [-0.2, -0.15) is 13.2 Å². The molecule has 2 aromatic carbocycles. The largest absolute Gasteiger partial charge is 0.459 e. The van der Waals surface area contributed by atoms with Crippen LogP contribution in [-0.2, 0) is 15.7 Å². The second-order valence-corrected chi connectivity index (χ2v) is 8.98.